The third kappa shape index (κ3) is 5.88. The summed E-state index contributed by atoms with van der Waals surface area (Å²) >= 11 is 0. The molecule has 0 unspecified atom stereocenters. The van der Waals surface area contributed by atoms with Crippen LogP contribution in [0.15, 0.2) is 42.6 Å². The molecule has 0 spiro atoms. The first-order chi connectivity index (χ1) is 14.8. The van der Waals surface area contributed by atoms with Gasteiger partial charge in [0.05, 0.1) is 24.8 Å². The molecule has 9 heteroatoms. The normalized spacial score (nSPS) is 16.7. The van der Waals surface area contributed by atoms with Gasteiger partial charge >= 0.3 is 0 Å². The number of aromatic nitrogens is 1. The number of nitrogens with one attached hydrogen (secondary N) is 1. The second kappa shape index (κ2) is 10.3. The molecule has 1 aromatic carbocycles. The zero-order chi connectivity index (χ0) is 22.4. The zero-order valence-corrected chi connectivity index (χ0v) is 18.6. The molecule has 2 aromatic rings. The number of nitrogens with zero attached hydrogens (tertiary/aromatic N) is 2. The summed E-state index contributed by atoms with van der Waals surface area (Å²) in [7, 11) is -3.84. The molecule has 2 N–H and O–H groups in total. The Morgan fingerprint density at radius 3 is 2.65 bits per heavy atom. The molecule has 1 aromatic heterocycles. The molecule has 0 radical (unpaired) electrons. The van der Waals surface area contributed by atoms with Crippen molar-refractivity contribution in [3.63, 3.8) is 0 Å². The molecule has 3 rings (SSSR count). The summed E-state index contributed by atoms with van der Waals surface area (Å²) in [6, 6.07) is 11.2. The summed E-state index contributed by atoms with van der Waals surface area (Å²) in [6.45, 7) is 5.21. The van der Waals surface area contributed by atoms with Gasteiger partial charge in [-0.25, -0.2) is 18.2 Å². The number of hydroxylamine groups is 1. The highest BCUT2D eigenvalue weighted by Crippen LogP contribution is 2.30. The molecule has 1 fully saturated rings. The Morgan fingerprint density at radius 2 is 2.00 bits per heavy atom. The van der Waals surface area contributed by atoms with E-state index in [9.17, 15) is 13.2 Å². The summed E-state index contributed by atoms with van der Waals surface area (Å²) in [4.78, 5) is 15.9. The van der Waals surface area contributed by atoms with Crippen molar-refractivity contribution < 1.29 is 23.2 Å². The highest BCUT2D eigenvalue weighted by molar-refractivity contribution is 7.89. The van der Waals surface area contributed by atoms with Crippen molar-refractivity contribution in [2.75, 3.05) is 13.1 Å². The number of pyridine rings is 1. The third-order valence-corrected chi connectivity index (χ3v) is 7.82. The highest BCUT2D eigenvalue weighted by Gasteiger charge is 2.37. The van der Waals surface area contributed by atoms with Crippen molar-refractivity contribution in [2.45, 2.75) is 51.1 Å². The van der Waals surface area contributed by atoms with Crippen molar-refractivity contribution in [3.8, 4) is 0 Å². The molecule has 8 nitrogen and oxygen atoms in total. The number of amides is 1. The number of aryl methyl sites for hydroxylation is 2. The van der Waals surface area contributed by atoms with Crippen molar-refractivity contribution in [3.05, 3.63) is 65.0 Å². The van der Waals surface area contributed by atoms with Crippen molar-refractivity contribution in [1.29, 1.82) is 0 Å². The van der Waals surface area contributed by atoms with Crippen LogP contribution in [0.4, 0.5) is 0 Å². The van der Waals surface area contributed by atoms with Crippen LogP contribution in [0, 0.1) is 13.8 Å². The van der Waals surface area contributed by atoms with E-state index in [1.54, 1.807) is 18.2 Å². The van der Waals surface area contributed by atoms with E-state index in [1.807, 2.05) is 13.8 Å². The molecule has 0 saturated carbocycles. The number of piperidine rings is 1. The molecule has 2 heterocycles. The molecule has 1 atom stereocenters. The summed E-state index contributed by atoms with van der Waals surface area (Å²) < 4.78 is 34.0. The Hall–Kier alpha value is -2.33. The predicted octanol–water partition coefficient (Wildman–Crippen LogP) is 2.65. The minimum absolute atomic E-state index is 0.0274. The van der Waals surface area contributed by atoms with E-state index in [-0.39, 0.29) is 11.8 Å². The SMILES string of the molecule is Cc1ccc(C)c(COC2CCN(S(=O)(=O)[C@H](CC(=O)NO)c3ccccn3)CC2)c1. The lowest BCUT2D eigenvalue weighted by atomic mass is 10.1. The van der Waals surface area contributed by atoms with Crippen LogP contribution in [0.5, 0.6) is 0 Å². The maximum atomic E-state index is 13.3. The van der Waals surface area contributed by atoms with Gasteiger partial charge in [0.1, 0.15) is 5.25 Å². The van der Waals surface area contributed by atoms with Crippen molar-refractivity contribution in [2.24, 2.45) is 0 Å². The second-order valence-electron chi connectivity index (χ2n) is 7.87. The van der Waals surface area contributed by atoms with E-state index >= 15 is 0 Å². The summed E-state index contributed by atoms with van der Waals surface area (Å²) in [6.07, 6.45) is 2.21. The van der Waals surface area contributed by atoms with E-state index in [4.69, 9.17) is 9.94 Å². The van der Waals surface area contributed by atoms with Crippen LogP contribution in [0.2, 0.25) is 0 Å². The lowest BCUT2D eigenvalue weighted by Gasteiger charge is -2.33. The van der Waals surface area contributed by atoms with Gasteiger partial charge in [-0.2, -0.15) is 0 Å². The Bertz CT molecular complexity index is 989. The van der Waals surface area contributed by atoms with Crippen molar-refractivity contribution >= 4 is 15.9 Å². The molecule has 0 aliphatic carbocycles. The maximum Gasteiger partial charge on any atom is 0.245 e. The highest BCUT2D eigenvalue weighted by atomic mass is 32.2. The van der Waals surface area contributed by atoms with Crippen molar-refractivity contribution in [1.82, 2.24) is 14.8 Å². The minimum atomic E-state index is -3.84. The van der Waals surface area contributed by atoms with Crippen LogP contribution in [0.25, 0.3) is 0 Å². The quantitative estimate of drug-likeness (QED) is 0.476. The van der Waals surface area contributed by atoms with Gasteiger partial charge in [0.2, 0.25) is 15.9 Å². The summed E-state index contributed by atoms with van der Waals surface area (Å²) in [5.41, 5.74) is 5.29. The van der Waals surface area contributed by atoms with Gasteiger partial charge in [-0.3, -0.25) is 15.0 Å². The first kappa shape index (κ1) is 23.3. The number of sulfonamides is 1. The Morgan fingerprint density at radius 1 is 1.26 bits per heavy atom. The van der Waals surface area contributed by atoms with Gasteiger partial charge < -0.3 is 4.74 Å². The number of carbonyl (C=O) groups excluding carboxylic acids is 1. The summed E-state index contributed by atoms with van der Waals surface area (Å²) in [5, 5.41) is 7.73. The summed E-state index contributed by atoms with van der Waals surface area (Å²) in [5.74, 6) is -0.772. The first-order valence-electron chi connectivity index (χ1n) is 10.3. The average Bonchev–Trinajstić information content (AvgIpc) is 2.78. The van der Waals surface area contributed by atoms with E-state index in [2.05, 4.69) is 23.2 Å². The lowest BCUT2D eigenvalue weighted by Crippen LogP contribution is -2.43. The van der Waals surface area contributed by atoms with E-state index < -0.39 is 27.6 Å². The zero-order valence-electron chi connectivity index (χ0n) is 17.8. The van der Waals surface area contributed by atoms with Gasteiger partial charge in [-0.1, -0.05) is 29.8 Å². The number of rotatable bonds is 8. The van der Waals surface area contributed by atoms with Crippen LogP contribution in [0.3, 0.4) is 0 Å². The molecule has 1 aliphatic rings. The molecular weight excluding hydrogens is 418 g/mol. The van der Waals surface area contributed by atoms with Crippen LogP contribution in [0.1, 0.15) is 46.9 Å². The fourth-order valence-corrected chi connectivity index (χ4v) is 5.63. The van der Waals surface area contributed by atoms with Gasteiger partial charge in [-0.05, 0) is 49.9 Å². The Kier molecular flexibility index (Phi) is 7.77. The molecule has 31 heavy (non-hydrogen) atoms. The number of hydrogen-bond acceptors (Lipinski definition) is 6. The topological polar surface area (TPSA) is 109 Å². The average molecular weight is 448 g/mol. The number of benzene rings is 1. The number of ether oxygens (including phenoxy) is 1. The third-order valence-electron chi connectivity index (χ3n) is 5.61. The van der Waals surface area contributed by atoms with Crippen LogP contribution in [-0.2, 0) is 26.2 Å². The van der Waals surface area contributed by atoms with E-state index in [0.29, 0.717) is 32.5 Å². The number of carbonyl (C=O) groups is 1. The smallest absolute Gasteiger partial charge is 0.245 e. The van der Waals surface area contributed by atoms with Gasteiger partial charge in [0, 0.05) is 19.3 Å². The lowest BCUT2D eigenvalue weighted by molar-refractivity contribution is -0.129. The largest absolute Gasteiger partial charge is 0.373 e. The fourth-order valence-electron chi connectivity index (χ4n) is 3.74. The molecule has 168 valence electrons. The van der Waals surface area contributed by atoms with Crippen LogP contribution < -0.4 is 5.48 Å². The first-order valence-corrected chi connectivity index (χ1v) is 11.8. The molecule has 1 aliphatic heterocycles. The van der Waals surface area contributed by atoms with Crippen LogP contribution in [-0.4, -0.2) is 48.0 Å². The van der Waals surface area contributed by atoms with Gasteiger partial charge in [-0.15, -0.1) is 0 Å². The Labute approximate surface area is 183 Å². The monoisotopic (exact) mass is 447 g/mol. The standard InChI is InChI=1S/C22H29N3O5S/c1-16-6-7-17(2)18(13-16)15-30-19-8-11-25(12-9-19)31(28,29)21(14-22(26)24-27)20-5-3-4-10-23-20/h3-7,10,13,19,21,27H,8-9,11-12,14-15H2,1-2H3,(H,24,26)/t21-/m1/s1. The fraction of sp³-hybridized carbons (Fsp3) is 0.455. The maximum absolute atomic E-state index is 13.3. The van der Waals surface area contributed by atoms with Gasteiger partial charge in [0.15, 0.2) is 0 Å². The second-order valence-corrected chi connectivity index (χ2v) is 9.98. The number of hydrogen-bond donors (Lipinski definition) is 2. The molecule has 0 bridgehead atoms. The van der Waals surface area contributed by atoms with E-state index in [0.717, 1.165) is 5.56 Å². The predicted molar refractivity (Wildman–Crippen MR) is 116 cm³/mol. The van der Waals surface area contributed by atoms with E-state index in [1.165, 1.54) is 27.1 Å². The molecular formula is C22H29N3O5S. The molecule has 1 saturated heterocycles. The van der Waals surface area contributed by atoms with Gasteiger partial charge in [0.25, 0.3) is 0 Å². The minimum Gasteiger partial charge on any atom is -0.373 e. The molecule has 1 amide bonds. The Balaban J connectivity index is 1.64. The van der Waals surface area contributed by atoms with Crippen LogP contribution >= 0.6 is 0 Å².